The minimum Gasteiger partial charge on any atom is -0.489 e. The molecule has 1 aliphatic heterocycles. The summed E-state index contributed by atoms with van der Waals surface area (Å²) in [5.41, 5.74) is 1.67. The van der Waals surface area contributed by atoms with Crippen LogP contribution in [0.15, 0.2) is 66.4 Å². The van der Waals surface area contributed by atoms with Crippen LogP contribution in [0.3, 0.4) is 0 Å². The Morgan fingerprint density at radius 2 is 1.87 bits per heavy atom. The Hall–Kier alpha value is -3.35. The summed E-state index contributed by atoms with van der Waals surface area (Å²) in [7, 11) is 0. The van der Waals surface area contributed by atoms with Crippen molar-refractivity contribution in [1.29, 1.82) is 0 Å². The highest BCUT2D eigenvalue weighted by Gasteiger charge is 2.28. The van der Waals surface area contributed by atoms with Crippen molar-refractivity contribution in [3.8, 4) is 11.5 Å². The molecule has 8 heteroatoms. The number of ether oxygens (including phenoxy) is 2. The predicted molar refractivity (Wildman–Crippen MR) is 113 cm³/mol. The fraction of sp³-hybridized carbons (Fsp3) is 0.0455. The maximum atomic E-state index is 12.6. The molecule has 0 amide bonds. The molecule has 0 saturated heterocycles. The van der Waals surface area contributed by atoms with Gasteiger partial charge in [0.1, 0.15) is 18.1 Å². The summed E-state index contributed by atoms with van der Waals surface area (Å²) >= 11 is 11.9. The third-order valence-electron chi connectivity index (χ3n) is 4.41. The molecule has 0 atom stereocenters. The highest BCUT2D eigenvalue weighted by molar-refractivity contribution is 6.42. The second-order valence-corrected chi connectivity index (χ2v) is 7.30. The lowest BCUT2D eigenvalue weighted by Gasteiger charge is -2.08. The van der Waals surface area contributed by atoms with Crippen LogP contribution in [0, 0.1) is 10.1 Å². The van der Waals surface area contributed by atoms with Crippen molar-refractivity contribution >= 4 is 40.7 Å². The SMILES string of the molecule is O=C1C(=Cc2cccc([N+](=O)[O-])c2)Oc2cc(OCc3ccc(Cl)c(Cl)c3)ccc21. The number of nitrogens with zero attached hydrogens (tertiary/aromatic N) is 1. The second kappa shape index (κ2) is 8.18. The van der Waals surface area contributed by atoms with Gasteiger partial charge in [0.2, 0.25) is 5.78 Å². The first-order valence-electron chi connectivity index (χ1n) is 8.80. The number of rotatable bonds is 5. The van der Waals surface area contributed by atoms with Gasteiger partial charge in [-0.05, 0) is 41.5 Å². The number of ketones is 1. The van der Waals surface area contributed by atoms with E-state index in [0.29, 0.717) is 32.7 Å². The van der Waals surface area contributed by atoms with Gasteiger partial charge in [-0.1, -0.05) is 41.4 Å². The van der Waals surface area contributed by atoms with Crippen molar-refractivity contribution in [2.45, 2.75) is 6.61 Å². The zero-order valence-electron chi connectivity index (χ0n) is 15.3. The van der Waals surface area contributed by atoms with Crippen LogP contribution < -0.4 is 9.47 Å². The zero-order chi connectivity index (χ0) is 21.3. The van der Waals surface area contributed by atoms with Gasteiger partial charge < -0.3 is 9.47 Å². The van der Waals surface area contributed by atoms with Crippen molar-refractivity contribution in [3.63, 3.8) is 0 Å². The first-order chi connectivity index (χ1) is 14.4. The molecule has 30 heavy (non-hydrogen) atoms. The third-order valence-corrected chi connectivity index (χ3v) is 5.15. The van der Waals surface area contributed by atoms with E-state index in [9.17, 15) is 14.9 Å². The molecule has 0 radical (unpaired) electrons. The van der Waals surface area contributed by atoms with E-state index in [4.69, 9.17) is 32.7 Å². The molecule has 3 aromatic rings. The number of Topliss-reactive ketones (excluding diaryl/α,β-unsaturated/α-hetero) is 1. The second-order valence-electron chi connectivity index (χ2n) is 6.49. The molecular formula is C22H13Cl2NO5. The van der Waals surface area contributed by atoms with Gasteiger partial charge in [-0.3, -0.25) is 14.9 Å². The monoisotopic (exact) mass is 441 g/mol. The molecule has 0 unspecified atom stereocenters. The largest absolute Gasteiger partial charge is 0.489 e. The van der Waals surface area contributed by atoms with Crippen molar-refractivity contribution < 1.29 is 19.2 Å². The van der Waals surface area contributed by atoms with Gasteiger partial charge >= 0.3 is 0 Å². The number of benzene rings is 3. The minimum atomic E-state index is -0.494. The van der Waals surface area contributed by atoms with E-state index in [1.165, 1.54) is 18.2 Å². The van der Waals surface area contributed by atoms with Gasteiger partial charge in [-0.15, -0.1) is 0 Å². The average Bonchev–Trinajstić information content (AvgIpc) is 3.04. The predicted octanol–water partition coefficient (Wildman–Crippen LogP) is 6.10. The highest BCUT2D eigenvalue weighted by Crippen LogP contribution is 2.35. The van der Waals surface area contributed by atoms with Gasteiger partial charge in [-0.2, -0.15) is 0 Å². The number of hydrogen-bond donors (Lipinski definition) is 0. The molecule has 1 heterocycles. The van der Waals surface area contributed by atoms with Crippen LogP contribution in [-0.2, 0) is 6.61 Å². The molecule has 0 aromatic heterocycles. The van der Waals surface area contributed by atoms with Crippen LogP contribution in [0.2, 0.25) is 10.0 Å². The van der Waals surface area contributed by atoms with Crippen LogP contribution in [-0.4, -0.2) is 10.7 Å². The number of carbonyl (C=O) groups excluding carboxylic acids is 1. The van der Waals surface area contributed by atoms with Gasteiger partial charge in [0.15, 0.2) is 5.76 Å². The summed E-state index contributed by atoms with van der Waals surface area (Å²) in [6.45, 7) is 0.264. The molecule has 6 nitrogen and oxygen atoms in total. The fourth-order valence-corrected chi connectivity index (χ4v) is 3.25. The van der Waals surface area contributed by atoms with Crippen LogP contribution in [0.4, 0.5) is 5.69 Å². The molecule has 3 aromatic carbocycles. The molecule has 0 N–H and O–H groups in total. The summed E-state index contributed by atoms with van der Waals surface area (Å²) in [4.78, 5) is 23.0. The number of nitro benzene ring substituents is 1. The van der Waals surface area contributed by atoms with E-state index in [1.807, 2.05) is 6.07 Å². The van der Waals surface area contributed by atoms with E-state index in [-0.39, 0.29) is 23.8 Å². The quantitative estimate of drug-likeness (QED) is 0.271. The highest BCUT2D eigenvalue weighted by atomic mass is 35.5. The number of halogens is 2. The average molecular weight is 442 g/mol. The molecular weight excluding hydrogens is 429 g/mol. The third kappa shape index (κ3) is 4.15. The van der Waals surface area contributed by atoms with Crippen molar-refractivity contribution in [3.05, 3.63) is 103 Å². The number of hydrogen-bond acceptors (Lipinski definition) is 5. The minimum absolute atomic E-state index is 0.0645. The van der Waals surface area contributed by atoms with E-state index in [2.05, 4.69) is 0 Å². The summed E-state index contributed by atoms with van der Waals surface area (Å²) in [5, 5.41) is 11.8. The first-order valence-corrected chi connectivity index (χ1v) is 9.56. The van der Waals surface area contributed by atoms with Gasteiger partial charge in [0.25, 0.3) is 5.69 Å². The molecule has 0 aliphatic carbocycles. The van der Waals surface area contributed by atoms with Crippen molar-refractivity contribution in [2.24, 2.45) is 0 Å². The fourth-order valence-electron chi connectivity index (χ4n) is 2.93. The molecule has 4 rings (SSSR count). The number of allylic oxidation sites excluding steroid dienone is 1. The smallest absolute Gasteiger partial charge is 0.270 e. The topological polar surface area (TPSA) is 78.7 Å². The normalized spacial score (nSPS) is 13.8. The lowest BCUT2D eigenvalue weighted by atomic mass is 10.1. The van der Waals surface area contributed by atoms with E-state index in [1.54, 1.807) is 42.5 Å². The van der Waals surface area contributed by atoms with Crippen molar-refractivity contribution in [2.75, 3.05) is 0 Å². The Bertz CT molecular complexity index is 1210. The maximum absolute atomic E-state index is 12.6. The standard InChI is InChI=1S/C22H13Cl2NO5/c23-18-7-4-14(9-19(18)24)12-29-16-5-6-17-20(11-16)30-21(22(17)26)10-13-2-1-3-15(8-13)25(27)28/h1-11H,12H2. The van der Waals surface area contributed by atoms with Gasteiger partial charge in [0, 0.05) is 18.2 Å². The van der Waals surface area contributed by atoms with Crippen molar-refractivity contribution in [1.82, 2.24) is 0 Å². The van der Waals surface area contributed by atoms with Crippen LogP contribution in [0.5, 0.6) is 11.5 Å². The molecule has 0 saturated carbocycles. The maximum Gasteiger partial charge on any atom is 0.270 e. The lowest BCUT2D eigenvalue weighted by Crippen LogP contribution is -1.98. The molecule has 0 fully saturated rings. The number of carbonyl (C=O) groups is 1. The summed E-state index contributed by atoms with van der Waals surface area (Å²) in [6.07, 6.45) is 1.48. The Morgan fingerprint density at radius 1 is 1.03 bits per heavy atom. The van der Waals surface area contributed by atoms with E-state index in [0.717, 1.165) is 5.56 Å². The van der Waals surface area contributed by atoms with Crippen LogP contribution >= 0.6 is 23.2 Å². The van der Waals surface area contributed by atoms with Gasteiger partial charge in [-0.25, -0.2) is 0 Å². The number of nitro groups is 1. The lowest BCUT2D eigenvalue weighted by molar-refractivity contribution is -0.384. The molecule has 0 bridgehead atoms. The Labute approximate surface area is 181 Å². The van der Waals surface area contributed by atoms with E-state index < -0.39 is 4.92 Å². The van der Waals surface area contributed by atoms with Crippen LogP contribution in [0.1, 0.15) is 21.5 Å². The Balaban J connectivity index is 1.51. The van der Waals surface area contributed by atoms with E-state index >= 15 is 0 Å². The molecule has 150 valence electrons. The summed E-state index contributed by atoms with van der Waals surface area (Å²) in [6, 6.07) is 16.1. The van der Waals surface area contributed by atoms with Gasteiger partial charge in [0.05, 0.1) is 20.5 Å². The van der Waals surface area contributed by atoms with Crippen LogP contribution in [0.25, 0.3) is 6.08 Å². The summed E-state index contributed by atoms with van der Waals surface area (Å²) < 4.78 is 11.4. The zero-order valence-corrected chi connectivity index (χ0v) is 16.8. The Morgan fingerprint density at radius 3 is 2.63 bits per heavy atom. The summed E-state index contributed by atoms with van der Waals surface area (Å²) in [5.74, 6) is 0.673. The first kappa shape index (κ1) is 19.9. The Kier molecular flexibility index (Phi) is 5.44. The number of fused-ring (bicyclic) bond motifs is 1. The number of non-ortho nitro benzene ring substituents is 1. The molecule has 1 aliphatic rings. The molecule has 0 spiro atoms.